The van der Waals surface area contributed by atoms with Gasteiger partial charge in [0.1, 0.15) is 17.1 Å². The highest BCUT2D eigenvalue weighted by Crippen LogP contribution is 2.37. The lowest BCUT2D eigenvalue weighted by Crippen LogP contribution is -2.24. The molecule has 0 bridgehead atoms. The molecule has 3 aromatic rings. The first-order valence-electron chi connectivity index (χ1n) is 9.60. The quantitative estimate of drug-likeness (QED) is 0.584. The molecule has 0 unspecified atom stereocenters. The van der Waals surface area contributed by atoms with Crippen LogP contribution >= 0.6 is 0 Å². The topological polar surface area (TPSA) is 60.7 Å². The van der Waals surface area contributed by atoms with Gasteiger partial charge in [0.05, 0.1) is 20.5 Å². The van der Waals surface area contributed by atoms with Gasteiger partial charge in [-0.1, -0.05) is 18.2 Å². The molecule has 5 heteroatoms. The summed E-state index contributed by atoms with van der Waals surface area (Å²) in [6.45, 7) is 6.41. The summed E-state index contributed by atoms with van der Waals surface area (Å²) in [6, 6.07) is 9.84. The summed E-state index contributed by atoms with van der Waals surface area (Å²) in [6.07, 6.45) is 4.05. The Morgan fingerprint density at radius 2 is 1.93 bits per heavy atom. The minimum absolute atomic E-state index is 0.138. The van der Waals surface area contributed by atoms with Crippen molar-refractivity contribution in [1.29, 1.82) is 0 Å². The fourth-order valence-electron chi connectivity index (χ4n) is 3.55. The van der Waals surface area contributed by atoms with Crippen LogP contribution in [0.3, 0.4) is 0 Å². The maximum absolute atomic E-state index is 12.5. The van der Waals surface area contributed by atoms with E-state index >= 15 is 0 Å². The van der Waals surface area contributed by atoms with Gasteiger partial charge in [0, 0.05) is 29.1 Å². The number of hydrogen-bond acceptors (Lipinski definition) is 4. The van der Waals surface area contributed by atoms with Gasteiger partial charge in [-0.3, -0.25) is 4.79 Å². The number of hydrogen-bond donors (Lipinski definition) is 1. The summed E-state index contributed by atoms with van der Waals surface area (Å²) in [5.74, 6) is 1.42. The lowest BCUT2D eigenvalue weighted by molar-refractivity contribution is -0.116. The molecule has 1 aromatic heterocycles. The highest BCUT2D eigenvalue weighted by Gasteiger charge is 2.16. The third-order valence-electron chi connectivity index (χ3n) is 5.10. The highest BCUT2D eigenvalue weighted by atomic mass is 16.5. The van der Waals surface area contributed by atoms with Gasteiger partial charge in [0.15, 0.2) is 0 Å². The molecule has 0 spiro atoms. The molecule has 152 valence electrons. The predicted octanol–water partition coefficient (Wildman–Crippen LogP) is 4.83. The van der Waals surface area contributed by atoms with E-state index < -0.39 is 0 Å². The third-order valence-corrected chi connectivity index (χ3v) is 5.10. The molecule has 0 saturated heterocycles. The number of aryl methyl sites for hydroxylation is 2. The van der Waals surface area contributed by atoms with Crippen LogP contribution in [0, 0.1) is 13.8 Å². The van der Waals surface area contributed by atoms with Gasteiger partial charge < -0.3 is 19.2 Å². The van der Waals surface area contributed by atoms with Crippen LogP contribution in [0.25, 0.3) is 16.5 Å². The fraction of sp³-hybridized carbons (Fsp3) is 0.292. The summed E-state index contributed by atoms with van der Waals surface area (Å²) in [5, 5.41) is 3.98. The van der Waals surface area contributed by atoms with E-state index in [0.717, 1.165) is 50.3 Å². The second-order valence-corrected chi connectivity index (χ2v) is 7.06. The zero-order valence-electron chi connectivity index (χ0n) is 17.6. The normalized spacial score (nSPS) is 11.6. The molecule has 1 N–H and O–H groups in total. The molecule has 29 heavy (non-hydrogen) atoms. The van der Waals surface area contributed by atoms with Crippen molar-refractivity contribution in [1.82, 2.24) is 5.32 Å². The monoisotopic (exact) mass is 393 g/mol. The molecule has 0 fully saturated rings. The molecule has 1 heterocycles. The fourth-order valence-corrected chi connectivity index (χ4v) is 3.55. The van der Waals surface area contributed by atoms with Crippen LogP contribution in [0.2, 0.25) is 0 Å². The van der Waals surface area contributed by atoms with E-state index in [4.69, 9.17) is 13.9 Å². The Hall–Kier alpha value is -3.21. The predicted molar refractivity (Wildman–Crippen MR) is 116 cm³/mol. The van der Waals surface area contributed by atoms with Crippen molar-refractivity contribution < 1.29 is 18.7 Å². The third kappa shape index (κ3) is 4.29. The van der Waals surface area contributed by atoms with E-state index in [-0.39, 0.29) is 5.91 Å². The van der Waals surface area contributed by atoms with Gasteiger partial charge in [-0.2, -0.15) is 0 Å². The van der Waals surface area contributed by atoms with Crippen LogP contribution in [0.5, 0.6) is 11.5 Å². The summed E-state index contributed by atoms with van der Waals surface area (Å²) in [5.41, 5.74) is 5.59. The standard InChI is InChI=1S/C24H27NO4/c1-15(12-22(26)25-11-10-18-8-6-7-9-21(18)27-4)19-13-20-16(2)14-29-24(20)17(3)23(19)28-5/h6-9,12-14H,10-11H2,1-5H3,(H,25,26)/b15-12+. The molecule has 1 amide bonds. The van der Waals surface area contributed by atoms with Gasteiger partial charge in [0.2, 0.25) is 5.91 Å². The van der Waals surface area contributed by atoms with Crippen molar-refractivity contribution in [2.75, 3.05) is 20.8 Å². The Morgan fingerprint density at radius 1 is 1.17 bits per heavy atom. The number of benzene rings is 2. The molecule has 2 aromatic carbocycles. The minimum atomic E-state index is -0.138. The van der Waals surface area contributed by atoms with Crippen molar-refractivity contribution >= 4 is 22.4 Å². The Labute approximate surface area is 171 Å². The highest BCUT2D eigenvalue weighted by molar-refractivity contribution is 5.98. The number of allylic oxidation sites excluding steroid dienone is 1. The van der Waals surface area contributed by atoms with Crippen LogP contribution in [0.1, 0.15) is 29.2 Å². The lowest BCUT2D eigenvalue weighted by atomic mass is 9.98. The SMILES string of the molecule is COc1ccccc1CCNC(=O)/C=C(\C)c1cc2c(C)coc2c(C)c1OC. The number of furan rings is 1. The van der Waals surface area contributed by atoms with Crippen LogP contribution < -0.4 is 14.8 Å². The first kappa shape index (κ1) is 20.5. The number of rotatable bonds is 7. The van der Waals surface area contributed by atoms with E-state index in [2.05, 4.69) is 5.32 Å². The second-order valence-electron chi connectivity index (χ2n) is 7.06. The molecule has 0 aliphatic rings. The molecule has 0 aliphatic heterocycles. The minimum Gasteiger partial charge on any atom is -0.496 e. The Bertz CT molecular complexity index is 1060. The second kappa shape index (κ2) is 8.86. The number of carbonyl (C=O) groups is 1. The number of fused-ring (bicyclic) bond motifs is 1. The smallest absolute Gasteiger partial charge is 0.244 e. The molecule has 0 radical (unpaired) electrons. The van der Waals surface area contributed by atoms with Crippen LogP contribution in [-0.4, -0.2) is 26.7 Å². The van der Waals surface area contributed by atoms with Crippen molar-refractivity contribution in [3.8, 4) is 11.5 Å². The number of ether oxygens (including phenoxy) is 2. The van der Waals surface area contributed by atoms with Crippen LogP contribution in [-0.2, 0) is 11.2 Å². The number of amides is 1. The number of methoxy groups -OCH3 is 2. The average Bonchev–Trinajstić information content (AvgIpc) is 3.09. The summed E-state index contributed by atoms with van der Waals surface area (Å²) in [7, 11) is 3.28. The average molecular weight is 393 g/mol. The number of nitrogens with one attached hydrogen (secondary N) is 1. The number of para-hydroxylation sites is 1. The largest absolute Gasteiger partial charge is 0.496 e. The van der Waals surface area contributed by atoms with Crippen molar-refractivity contribution in [3.63, 3.8) is 0 Å². The maximum atomic E-state index is 12.5. The van der Waals surface area contributed by atoms with E-state index in [9.17, 15) is 4.79 Å². The zero-order chi connectivity index (χ0) is 21.0. The van der Waals surface area contributed by atoms with Crippen molar-refractivity contribution in [2.24, 2.45) is 0 Å². The molecular formula is C24H27NO4. The first-order valence-corrected chi connectivity index (χ1v) is 9.60. The summed E-state index contributed by atoms with van der Waals surface area (Å²) < 4.78 is 16.6. The summed E-state index contributed by atoms with van der Waals surface area (Å²) >= 11 is 0. The van der Waals surface area contributed by atoms with Gasteiger partial charge >= 0.3 is 0 Å². The molecule has 0 atom stereocenters. The molecular weight excluding hydrogens is 366 g/mol. The Kier molecular flexibility index (Phi) is 6.27. The lowest BCUT2D eigenvalue weighted by Gasteiger charge is -2.13. The van der Waals surface area contributed by atoms with Crippen molar-refractivity contribution in [3.05, 3.63) is 64.9 Å². The van der Waals surface area contributed by atoms with E-state index in [1.807, 2.05) is 51.1 Å². The number of carbonyl (C=O) groups excluding carboxylic acids is 1. The van der Waals surface area contributed by atoms with Gasteiger partial charge in [0.25, 0.3) is 0 Å². The molecule has 0 aliphatic carbocycles. The van der Waals surface area contributed by atoms with E-state index in [1.54, 1.807) is 26.6 Å². The first-order chi connectivity index (χ1) is 14.0. The van der Waals surface area contributed by atoms with Crippen molar-refractivity contribution in [2.45, 2.75) is 27.2 Å². The molecule has 3 rings (SSSR count). The maximum Gasteiger partial charge on any atom is 0.244 e. The van der Waals surface area contributed by atoms with E-state index in [1.165, 1.54) is 0 Å². The van der Waals surface area contributed by atoms with Crippen LogP contribution in [0.4, 0.5) is 0 Å². The van der Waals surface area contributed by atoms with Gasteiger partial charge in [-0.05, 0) is 56.0 Å². The van der Waals surface area contributed by atoms with Gasteiger partial charge in [-0.25, -0.2) is 0 Å². The molecule has 5 nitrogen and oxygen atoms in total. The Balaban J connectivity index is 1.76. The van der Waals surface area contributed by atoms with Crippen LogP contribution in [0.15, 0.2) is 47.1 Å². The Morgan fingerprint density at radius 3 is 2.66 bits per heavy atom. The summed E-state index contributed by atoms with van der Waals surface area (Å²) in [4.78, 5) is 12.5. The zero-order valence-corrected chi connectivity index (χ0v) is 17.6. The van der Waals surface area contributed by atoms with E-state index in [0.29, 0.717) is 13.0 Å². The molecule has 0 saturated carbocycles. The van der Waals surface area contributed by atoms with Gasteiger partial charge in [-0.15, -0.1) is 0 Å².